The maximum Gasteiger partial charge on any atom is 0.433 e. The van der Waals surface area contributed by atoms with E-state index in [9.17, 15) is 18.0 Å². The van der Waals surface area contributed by atoms with Gasteiger partial charge in [0.15, 0.2) is 5.94 Å². The lowest BCUT2D eigenvalue weighted by atomic mass is 10.0. The summed E-state index contributed by atoms with van der Waals surface area (Å²) in [6, 6.07) is 5.61. The van der Waals surface area contributed by atoms with Crippen LogP contribution in [0.3, 0.4) is 0 Å². The van der Waals surface area contributed by atoms with Gasteiger partial charge in [0.1, 0.15) is 11.4 Å². The number of benzene rings is 1. The zero-order valence-electron chi connectivity index (χ0n) is 10.5. The van der Waals surface area contributed by atoms with Crippen molar-refractivity contribution in [3.63, 3.8) is 0 Å². The lowest BCUT2D eigenvalue weighted by Gasteiger charge is -2.18. The Morgan fingerprint density at radius 1 is 1.24 bits per heavy atom. The SMILES string of the molecule is O=C=C1NC=Cc2c1cccc2-n1nccc1C(F)(F)F. The predicted octanol–water partition coefficient (Wildman–Crippen LogP) is 2.64. The molecule has 0 spiro atoms. The zero-order chi connectivity index (χ0) is 15.0. The molecule has 4 nitrogen and oxygen atoms in total. The molecule has 0 saturated carbocycles. The number of rotatable bonds is 1. The topological polar surface area (TPSA) is 46.9 Å². The van der Waals surface area contributed by atoms with Crippen LogP contribution in [0.2, 0.25) is 0 Å². The van der Waals surface area contributed by atoms with Gasteiger partial charge in [0.25, 0.3) is 0 Å². The first-order valence-electron chi connectivity index (χ1n) is 5.95. The molecular formula is C14H8F3N3O. The summed E-state index contributed by atoms with van der Waals surface area (Å²) in [5.41, 5.74) is 0.502. The first-order chi connectivity index (χ1) is 10.0. The van der Waals surface area contributed by atoms with E-state index in [0.29, 0.717) is 11.1 Å². The molecule has 0 fully saturated rings. The van der Waals surface area contributed by atoms with Crippen LogP contribution in [-0.4, -0.2) is 15.7 Å². The molecular weight excluding hydrogens is 283 g/mol. The van der Waals surface area contributed by atoms with Gasteiger partial charge in [0.05, 0.1) is 11.9 Å². The van der Waals surface area contributed by atoms with Gasteiger partial charge in [-0.25, -0.2) is 9.48 Å². The largest absolute Gasteiger partial charge is 0.433 e. The molecule has 1 aromatic carbocycles. The highest BCUT2D eigenvalue weighted by atomic mass is 19.4. The maximum absolute atomic E-state index is 13.0. The predicted molar refractivity (Wildman–Crippen MR) is 69.8 cm³/mol. The number of halogens is 3. The Morgan fingerprint density at radius 3 is 2.76 bits per heavy atom. The number of hydrogen-bond acceptors (Lipinski definition) is 3. The molecule has 3 rings (SSSR count). The fourth-order valence-electron chi connectivity index (χ4n) is 2.21. The van der Waals surface area contributed by atoms with Gasteiger partial charge in [-0.2, -0.15) is 18.3 Å². The number of fused-ring (bicyclic) bond motifs is 1. The van der Waals surface area contributed by atoms with Crippen molar-refractivity contribution in [2.24, 2.45) is 0 Å². The fourth-order valence-corrected chi connectivity index (χ4v) is 2.21. The maximum atomic E-state index is 13.0. The molecule has 0 saturated heterocycles. The summed E-state index contributed by atoms with van der Waals surface area (Å²) in [6.45, 7) is 0. The minimum absolute atomic E-state index is 0.176. The second-order valence-corrected chi connectivity index (χ2v) is 4.32. The summed E-state index contributed by atoms with van der Waals surface area (Å²) < 4.78 is 39.8. The van der Waals surface area contributed by atoms with Crippen molar-refractivity contribution >= 4 is 17.7 Å². The Kier molecular flexibility index (Phi) is 2.92. The van der Waals surface area contributed by atoms with Gasteiger partial charge in [-0.1, -0.05) is 12.1 Å². The lowest BCUT2D eigenvalue weighted by molar-refractivity contribution is -0.142. The number of nitrogens with zero attached hydrogens (tertiary/aromatic N) is 2. The van der Waals surface area contributed by atoms with Crippen molar-refractivity contribution in [3.05, 3.63) is 53.5 Å². The molecule has 106 valence electrons. The van der Waals surface area contributed by atoms with Crippen molar-refractivity contribution in [1.82, 2.24) is 15.1 Å². The average Bonchev–Trinajstić information content (AvgIpc) is 2.95. The van der Waals surface area contributed by atoms with E-state index in [1.165, 1.54) is 12.3 Å². The van der Waals surface area contributed by atoms with Gasteiger partial charge in [-0.05, 0) is 18.2 Å². The van der Waals surface area contributed by atoms with E-state index in [2.05, 4.69) is 10.4 Å². The Balaban J connectivity index is 2.26. The van der Waals surface area contributed by atoms with E-state index >= 15 is 0 Å². The van der Waals surface area contributed by atoms with Crippen LogP contribution in [0.5, 0.6) is 0 Å². The van der Waals surface area contributed by atoms with Gasteiger partial charge in [0.2, 0.25) is 0 Å². The molecule has 0 atom stereocenters. The zero-order valence-corrected chi connectivity index (χ0v) is 10.5. The highest BCUT2D eigenvalue weighted by Gasteiger charge is 2.35. The molecule has 1 aromatic heterocycles. The monoisotopic (exact) mass is 291 g/mol. The van der Waals surface area contributed by atoms with Crippen LogP contribution >= 0.6 is 0 Å². The summed E-state index contributed by atoms with van der Waals surface area (Å²) in [7, 11) is 0. The Bertz CT molecular complexity index is 783. The van der Waals surface area contributed by atoms with Crippen LogP contribution in [0.25, 0.3) is 17.5 Å². The summed E-state index contributed by atoms with van der Waals surface area (Å²) in [5, 5.41) is 6.45. The van der Waals surface area contributed by atoms with Crippen molar-refractivity contribution in [2.45, 2.75) is 6.18 Å². The number of aromatic nitrogens is 2. The Morgan fingerprint density at radius 2 is 2.05 bits per heavy atom. The van der Waals surface area contributed by atoms with E-state index in [1.807, 2.05) is 0 Å². The van der Waals surface area contributed by atoms with Gasteiger partial charge < -0.3 is 5.32 Å². The van der Waals surface area contributed by atoms with Crippen molar-refractivity contribution in [1.29, 1.82) is 0 Å². The van der Waals surface area contributed by atoms with Crippen molar-refractivity contribution < 1.29 is 18.0 Å². The van der Waals surface area contributed by atoms with E-state index in [4.69, 9.17) is 0 Å². The molecule has 1 N–H and O–H groups in total. The van der Waals surface area contributed by atoms with Crippen molar-refractivity contribution in [2.75, 3.05) is 0 Å². The Hall–Kier alpha value is -2.79. The molecule has 0 amide bonds. The molecule has 2 aromatic rings. The minimum atomic E-state index is -4.51. The van der Waals surface area contributed by atoms with Crippen LogP contribution in [0.1, 0.15) is 16.8 Å². The van der Waals surface area contributed by atoms with Gasteiger partial charge in [-0.3, -0.25) is 0 Å². The molecule has 1 aliphatic rings. The van der Waals surface area contributed by atoms with Crippen molar-refractivity contribution in [3.8, 4) is 5.69 Å². The second-order valence-electron chi connectivity index (χ2n) is 4.32. The first-order valence-corrected chi connectivity index (χ1v) is 5.95. The molecule has 0 aliphatic carbocycles. The number of nitrogens with one attached hydrogen (secondary N) is 1. The Labute approximate surface area is 117 Å². The molecule has 0 bridgehead atoms. The third-order valence-corrected chi connectivity index (χ3v) is 3.09. The average molecular weight is 291 g/mol. The van der Waals surface area contributed by atoms with Crippen LogP contribution in [0, 0.1) is 0 Å². The quantitative estimate of drug-likeness (QED) is 0.822. The van der Waals surface area contributed by atoms with Gasteiger partial charge >= 0.3 is 6.18 Å². The first kappa shape index (κ1) is 13.2. The van der Waals surface area contributed by atoms with E-state index in [-0.39, 0.29) is 11.4 Å². The van der Waals surface area contributed by atoms with Crippen LogP contribution < -0.4 is 5.32 Å². The summed E-state index contributed by atoms with van der Waals surface area (Å²) in [5.74, 6) is 1.73. The fraction of sp³-hybridized carbons (Fsp3) is 0.0714. The number of carbonyl (C=O) groups excluding carboxylic acids is 1. The summed E-state index contributed by atoms with van der Waals surface area (Å²) in [4.78, 5) is 10.9. The third kappa shape index (κ3) is 2.13. The molecule has 0 unspecified atom stereocenters. The van der Waals surface area contributed by atoms with E-state index in [0.717, 1.165) is 16.9 Å². The highest BCUT2D eigenvalue weighted by molar-refractivity contribution is 5.93. The highest BCUT2D eigenvalue weighted by Crippen LogP contribution is 2.33. The lowest BCUT2D eigenvalue weighted by Crippen LogP contribution is -2.16. The number of hydrogen-bond donors (Lipinski definition) is 1. The van der Waals surface area contributed by atoms with Crippen LogP contribution in [-0.2, 0) is 11.0 Å². The molecule has 2 heterocycles. The van der Waals surface area contributed by atoms with Crippen LogP contribution in [0.4, 0.5) is 13.2 Å². The number of alkyl halides is 3. The normalized spacial score (nSPS) is 13.6. The second kappa shape index (κ2) is 4.64. The molecule has 0 radical (unpaired) electrons. The molecule has 21 heavy (non-hydrogen) atoms. The standard InChI is InChI=1S/C14H8F3N3O/c15-14(16,17)13-5-7-19-20(13)12-3-1-2-9-10(12)4-6-18-11(9)8-21/h1-7,18H. The van der Waals surface area contributed by atoms with Gasteiger partial charge in [-0.15, -0.1) is 0 Å². The molecule has 1 aliphatic heterocycles. The minimum Gasteiger partial charge on any atom is -0.352 e. The van der Waals surface area contributed by atoms with E-state index < -0.39 is 11.9 Å². The van der Waals surface area contributed by atoms with Gasteiger partial charge in [0, 0.05) is 17.3 Å². The third-order valence-electron chi connectivity index (χ3n) is 3.09. The summed E-state index contributed by atoms with van der Waals surface area (Å²) in [6.07, 6.45) is -0.362. The van der Waals surface area contributed by atoms with E-state index in [1.54, 1.807) is 24.2 Å². The van der Waals surface area contributed by atoms with Crippen LogP contribution in [0.15, 0.2) is 36.7 Å². The smallest absolute Gasteiger partial charge is 0.352 e. The summed E-state index contributed by atoms with van der Waals surface area (Å²) >= 11 is 0. The molecule has 7 heteroatoms.